The summed E-state index contributed by atoms with van der Waals surface area (Å²) in [5.74, 6) is -0.920. The van der Waals surface area contributed by atoms with Crippen molar-refractivity contribution in [2.24, 2.45) is 5.92 Å². The van der Waals surface area contributed by atoms with Crippen LogP contribution in [0.5, 0.6) is 5.75 Å². The zero-order valence-electron chi connectivity index (χ0n) is 10.4. The summed E-state index contributed by atoms with van der Waals surface area (Å²) in [5, 5.41) is 0. The first kappa shape index (κ1) is 11.9. The molecular weight excluding hydrogens is 234 g/mol. The Morgan fingerprint density at radius 1 is 1.00 bits per heavy atom. The van der Waals surface area contributed by atoms with E-state index in [1.54, 1.807) is 12.1 Å². The maximum atomic E-state index is 13.9. The molecule has 1 aromatic carbocycles. The lowest BCUT2D eigenvalue weighted by molar-refractivity contribution is 0.281. The number of rotatable bonds is 4. The predicted molar refractivity (Wildman–Crippen MR) is 65.7 cm³/mol. The second-order valence-electron chi connectivity index (χ2n) is 5.52. The number of ether oxygens (including phenoxy) is 1. The Morgan fingerprint density at radius 3 is 2.39 bits per heavy atom. The summed E-state index contributed by atoms with van der Waals surface area (Å²) in [5.41, 5.74) is 0.502. The largest absolute Gasteiger partial charge is 0.487 e. The van der Waals surface area contributed by atoms with Gasteiger partial charge >= 0.3 is 0 Å². The first-order valence-corrected chi connectivity index (χ1v) is 6.87. The van der Waals surface area contributed by atoms with Crippen molar-refractivity contribution in [3.05, 3.63) is 29.3 Å². The van der Waals surface area contributed by atoms with Crippen LogP contribution < -0.4 is 4.74 Å². The minimum Gasteiger partial charge on any atom is -0.487 e. The number of halogens is 2. The molecule has 2 aliphatic carbocycles. The van der Waals surface area contributed by atoms with Gasteiger partial charge in [-0.05, 0) is 36.8 Å². The van der Waals surface area contributed by atoms with Gasteiger partial charge in [0.05, 0.1) is 6.10 Å². The molecule has 0 radical (unpaired) electrons. The smallest absolute Gasteiger partial charge is 0.200 e. The fourth-order valence-electron chi connectivity index (χ4n) is 2.71. The molecule has 0 bridgehead atoms. The van der Waals surface area contributed by atoms with Gasteiger partial charge in [0.2, 0.25) is 5.82 Å². The van der Waals surface area contributed by atoms with Gasteiger partial charge in [-0.25, -0.2) is 4.39 Å². The summed E-state index contributed by atoms with van der Waals surface area (Å²) < 4.78 is 33.1. The van der Waals surface area contributed by atoms with Crippen molar-refractivity contribution < 1.29 is 13.5 Å². The van der Waals surface area contributed by atoms with Gasteiger partial charge in [-0.3, -0.25) is 0 Å². The Hall–Kier alpha value is -1.12. The molecule has 3 heteroatoms. The highest BCUT2D eigenvalue weighted by molar-refractivity contribution is 5.32. The van der Waals surface area contributed by atoms with E-state index in [4.69, 9.17) is 4.74 Å². The minimum absolute atomic E-state index is 0.0742. The first-order chi connectivity index (χ1) is 8.74. The third kappa shape index (κ3) is 2.50. The van der Waals surface area contributed by atoms with Crippen LogP contribution in [0.3, 0.4) is 0 Å². The molecule has 0 unspecified atom stereocenters. The van der Waals surface area contributed by atoms with Crippen LogP contribution in [0.25, 0.3) is 0 Å². The normalized spacial score (nSPS) is 20.3. The molecule has 0 heterocycles. The van der Waals surface area contributed by atoms with Gasteiger partial charge in [-0.1, -0.05) is 31.7 Å². The van der Waals surface area contributed by atoms with Gasteiger partial charge in [0.25, 0.3) is 0 Å². The molecule has 3 rings (SSSR count). The van der Waals surface area contributed by atoms with Gasteiger partial charge in [-0.2, -0.15) is 4.39 Å². The lowest BCUT2D eigenvalue weighted by Gasteiger charge is -2.12. The Balaban J connectivity index is 1.75. The zero-order valence-corrected chi connectivity index (χ0v) is 10.4. The average molecular weight is 252 g/mol. The molecule has 0 saturated heterocycles. The van der Waals surface area contributed by atoms with E-state index in [0.717, 1.165) is 25.7 Å². The molecule has 0 atom stereocenters. The molecule has 1 aromatic rings. The SMILES string of the molecule is Fc1c(CC2CCCC2)ccc(OC2CC2)c1F. The quantitative estimate of drug-likeness (QED) is 0.778. The molecule has 0 aromatic heterocycles. The molecule has 2 fully saturated rings. The van der Waals surface area contributed by atoms with E-state index >= 15 is 0 Å². The topological polar surface area (TPSA) is 9.23 Å². The Labute approximate surface area is 106 Å². The fraction of sp³-hybridized carbons (Fsp3) is 0.600. The van der Waals surface area contributed by atoms with E-state index in [9.17, 15) is 8.78 Å². The average Bonchev–Trinajstić information content (AvgIpc) is 3.03. The maximum absolute atomic E-state index is 13.9. The van der Waals surface area contributed by atoms with Crippen LogP contribution in [-0.4, -0.2) is 6.10 Å². The third-order valence-electron chi connectivity index (χ3n) is 3.93. The highest BCUT2D eigenvalue weighted by Crippen LogP contribution is 2.33. The highest BCUT2D eigenvalue weighted by Gasteiger charge is 2.26. The van der Waals surface area contributed by atoms with E-state index in [2.05, 4.69) is 0 Å². The lowest BCUT2D eigenvalue weighted by Crippen LogP contribution is -2.05. The Morgan fingerprint density at radius 2 is 1.72 bits per heavy atom. The summed E-state index contributed by atoms with van der Waals surface area (Å²) in [6.45, 7) is 0. The number of benzene rings is 1. The van der Waals surface area contributed by atoms with Crippen molar-refractivity contribution in [2.75, 3.05) is 0 Å². The van der Waals surface area contributed by atoms with Crippen LogP contribution >= 0.6 is 0 Å². The van der Waals surface area contributed by atoms with Crippen molar-refractivity contribution in [1.29, 1.82) is 0 Å². The fourth-order valence-corrected chi connectivity index (χ4v) is 2.71. The molecule has 1 nitrogen and oxygen atoms in total. The second kappa shape index (κ2) is 4.87. The van der Waals surface area contributed by atoms with E-state index in [1.165, 1.54) is 12.8 Å². The third-order valence-corrected chi connectivity index (χ3v) is 3.93. The first-order valence-electron chi connectivity index (χ1n) is 6.87. The van der Waals surface area contributed by atoms with E-state index in [1.807, 2.05) is 0 Å². The summed E-state index contributed by atoms with van der Waals surface area (Å²) in [6, 6.07) is 3.27. The molecule has 0 N–H and O–H groups in total. The minimum atomic E-state index is -0.808. The monoisotopic (exact) mass is 252 g/mol. The van der Waals surface area contributed by atoms with Crippen LogP contribution in [-0.2, 0) is 6.42 Å². The van der Waals surface area contributed by atoms with Crippen molar-refractivity contribution >= 4 is 0 Å². The van der Waals surface area contributed by atoms with Crippen LogP contribution in [0.4, 0.5) is 8.78 Å². The molecule has 0 aliphatic heterocycles. The second-order valence-corrected chi connectivity index (χ2v) is 5.52. The number of hydrogen-bond donors (Lipinski definition) is 0. The van der Waals surface area contributed by atoms with Crippen LogP contribution in [0, 0.1) is 17.6 Å². The lowest BCUT2D eigenvalue weighted by atomic mass is 9.97. The summed E-state index contributed by atoms with van der Waals surface area (Å²) in [6.07, 6.45) is 7.37. The predicted octanol–water partition coefficient (Wildman–Crippen LogP) is 4.24. The highest BCUT2D eigenvalue weighted by atomic mass is 19.2. The van der Waals surface area contributed by atoms with Crippen molar-refractivity contribution in [2.45, 2.75) is 51.0 Å². The molecule has 2 saturated carbocycles. The van der Waals surface area contributed by atoms with Crippen molar-refractivity contribution in [3.8, 4) is 5.75 Å². The van der Waals surface area contributed by atoms with Crippen LogP contribution in [0.15, 0.2) is 12.1 Å². The van der Waals surface area contributed by atoms with Gasteiger partial charge in [0.1, 0.15) is 0 Å². The summed E-state index contributed by atoms with van der Waals surface area (Å²) in [4.78, 5) is 0. The molecule has 0 spiro atoms. The van der Waals surface area contributed by atoms with E-state index < -0.39 is 11.6 Å². The van der Waals surface area contributed by atoms with E-state index in [0.29, 0.717) is 17.9 Å². The summed E-state index contributed by atoms with van der Waals surface area (Å²) in [7, 11) is 0. The maximum Gasteiger partial charge on any atom is 0.200 e. The molecule has 18 heavy (non-hydrogen) atoms. The summed E-state index contributed by atoms with van der Waals surface area (Å²) >= 11 is 0. The van der Waals surface area contributed by atoms with Gasteiger partial charge in [-0.15, -0.1) is 0 Å². The van der Waals surface area contributed by atoms with Crippen molar-refractivity contribution in [3.63, 3.8) is 0 Å². The molecular formula is C15H18F2O. The van der Waals surface area contributed by atoms with Crippen molar-refractivity contribution in [1.82, 2.24) is 0 Å². The van der Waals surface area contributed by atoms with Crippen LogP contribution in [0.1, 0.15) is 44.1 Å². The Bertz CT molecular complexity index is 434. The van der Waals surface area contributed by atoms with Crippen LogP contribution in [0.2, 0.25) is 0 Å². The molecule has 2 aliphatic rings. The van der Waals surface area contributed by atoms with Gasteiger partial charge in [0, 0.05) is 0 Å². The number of hydrogen-bond acceptors (Lipinski definition) is 1. The van der Waals surface area contributed by atoms with Gasteiger partial charge < -0.3 is 4.74 Å². The van der Waals surface area contributed by atoms with E-state index in [-0.39, 0.29) is 11.9 Å². The Kier molecular flexibility index (Phi) is 3.23. The molecule has 98 valence electrons. The van der Waals surface area contributed by atoms with Gasteiger partial charge in [0.15, 0.2) is 11.6 Å². The zero-order chi connectivity index (χ0) is 12.5. The standard InChI is InChI=1S/C15H18F2O/c16-14-11(9-10-3-1-2-4-10)5-8-13(15(14)17)18-12-6-7-12/h5,8,10,12H,1-4,6-7,9H2. The molecule has 0 amide bonds.